The van der Waals surface area contributed by atoms with Crippen LogP contribution in [-0.4, -0.2) is 5.97 Å². The Morgan fingerprint density at radius 2 is 1.69 bits per heavy atom. The molecule has 0 aliphatic heterocycles. The van der Waals surface area contributed by atoms with Crippen molar-refractivity contribution in [3.63, 3.8) is 0 Å². The molecule has 90 valence electrons. The third-order valence-corrected chi connectivity index (χ3v) is 2.39. The molecule has 0 N–H and O–H groups in total. The molecule has 1 aromatic carbocycles. The lowest BCUT2D eigenvalue weighted by Gasteiger charge is -2.19. The van der Waals surface area contributed by atoms with E-state index >= 15 is 0 Å². The highest BCUT2D eigenvalue weighted by molar-refractivity contribution is 5.78. The minimum Gasteiger partial charge on any atom is -0.426 e. The molecule has 0 atom stereocenters. The van der Waals surface area contributed by atoms with Gasteiger partial charge in [-0.05, 0) is 32.4 Å². The number of hydrogen-bond acceptors (Lipinski definition) is 2. The Bertz CT molecular complexity index is 302. The van der Waals surface area contributed by atoms with Crippen LogP contribution >= 0.6 is 0 Å². The van der Waals surface area contributed by atoms with E-state index in [2.05, 4.69) is 0 Å². The maximum absolute atomic E-state index is 11.6. The number of rotatable bonds is 3. The smallest absolute Gasteiger partial charge is 0.316 e. The van der Waals surface area contributed by atoms with Gasteiger partial charge in [0, 0.05) is 0 Å². The molecule has 0 aliphatic rings. The van der Waals surface area contributed by atoms with Gasteiger partial charge in [0.15, 0.2) is 0 Å². The van der Waals surface area contributed by atoms with E-state index in [1.165, 1.54) is 0 Å². The van der Waals surface area contributed by atoms with E-state index in [1.807, 2.05) is 52.8 Å². The van der Waals surface area contributed by atoms with Crippen molar-refractivity contribution in [2.75, 3.05) is 0 Å². The van der Waals surface area contributed by atoms with Gasteiger partial charge >= 0.3 is 5.97 Å². The Balaban J connectivity index is 0.00000106. The third-order valence-electron chi connectivity index (χ3n) is 2.39. The molecule has 0 unspecified atom stereocenters. The number of hydrogen-bond donors (Lipinski definition) is 0. The second-order valence-corrected chi connectivity index (χ2v) is 3.94. The predicted molar refractivity (Wildman–Crippen MR) is 67.5 cm³/mol. The van der Waals surface area contributed by atoms with Gasteiger partial charge in [-0.25, -0.2) is 0 Å². The second kappa shape index (κ2) is 7.04. The molecule has 0 saturated heterocycles. The van der Waals surface area contributed by atoms with Crippen molar-refractivity contribution >= 4 is 5.97 Å². The Kier molecular flexibility index (Phi) is 6.47. The Hall–Kier alpha value is -1.31. The van der Waals surface area contributed by atoms with Crippen molar-refractivity contribution in [3.05, 3.63) is 30.3 Å². The third kappa shape index (κ3) is 4.47. The molecule has 2 heteroatoms. The van der Waals surface area contributed by atoms with Crippen LogP contribution in [-0.2, 0) is 4.79 Å². The lowest BCUT2D eigenvalue weighted by Crippen LogP contribution is -2.28. The van der Waals surface area contributed by atoms with Crippen molar-refractivity contribution in [1.82, 2.24) is 0 Å². The number of carbonyl (C=O) groups is 1. The number of carbonyl (C=O) groups excluding carboxylic acids is 1. The van der Waals surface area contributed by atoms with Crippen LogP contribution < -0.4 is 4.74 Å². The Morgan fingerprint density at radius 3 is 2.12 bits per heavy atom. The van der Waals surface area contributed by atoms with Gasteiger partial charge in [0.05, 0.1) is 5.41 Å². The first-order valence-corrected chi connectivity index (χ1v) is 5.83. The van der Waals surface area contributed by atoms with Gasteiger partial charge < -0.3 is 4.74 Å². The number of esters is 1. The molecule has 0 spiro atoms. The number of ether oxygens (including phenoxy) is 1. The summed E-state index contributed by atoms with van der Waals surface area (Å²) in [5.74, 6) is 0.435. The second-order valence-electron chi connectivity index (χ2n) is 3.94. The summed E-state index contributed by atoms with van der Waals surface area (Å²) in [5.41, 5.74) is -0.407. The average molecular weight is 222 g/mol. The molecular formula is C14H22O2. The maximum Gasteiger partial charge on any atom is 0.316 e. The maximum atomic E-state index is 11.6. The molecule has 1 rings (SSSR count). The van der Waals surface area contributed by atoms with E-state index in [1.54, 1.807) is 12.1 Å². The average Bonchev–Trinajstić information content (AvgIpc) is 2.33. The topological polar surface area (TPSA) is 26.3 Å². The largest absolute Gasteiger partial charge is 0.426 e. The highest BCUT2D eigenvalue weighted by Crippen LogP contribution is 2.23. The van der Waals surface area contributed by atoms with Crippen molar-refractivity contribution < 1.29 is 9.53 Å². The first kappa shape index (κ1) is 14.7. The molecule has 2 nitrogen and oxygen atoms in total. The monoisotopic (exact) mass is 222 g/mol. The Morgan fingerprint density at radius 1 is 1.19 bits per heavy atom. The molecule has 1 aromatic rings. The zero-order valence-electron chi connectivity index (χ0n) is 10.9. The molecule has 0 bridgehead atoms. The van der Waals surface area contributed by atoms with Gasteiger partial charge in [-0.15, -0.1) is 0 Å². The van der Waals surface area contributed by atoms with Crippen LogP contribution in [0.1, 0.15) is 41.0 Å². The van der Waals surface area contributed by atoms with Crippen molar-refractivity contribution in [1.29, 1.82) is 0 Å². The van der Waals surface area contributed by atoms with Crippen LogP contribution in [0.2, 0.25) is 0 Å². The SMILES string of the molecule is CC.CCC(C)(C)C(=O)Oc1ccccc1. The normalized spacial score (nSPS) is 10.1. The molecule has 0 saturated carbocycles. The fourth-order valence-electron chi connectivity index (χ4n) is 0.878. The van der Waals surface area contributed by atoms with Crippen LogP contribution in [0.3, 0.4) is 0 Å². The molecular weight excluding hydrogens is 200 g/mol. The number of benzene rings is 1. The van der Waals surface area contributed by atoms with Crippen molar-refractivity contribution in [2.24, 2.45) is 5.41 Å². The van der Waals surface area contributed by atoms with Crippen molar-refractivity contribution in [2.45, 2.75) is 41.0 Å². The molecule has 0 heterocycles. The molecule has 0 radical (unpaired) electrons. The first-order chi connectivity index (χ1) is 7.56. The fourth-order valence-corrected chi connectivity index (χ4v) is 0.878. The fraction of sp³-hybridized carbons (Fsp3) is 0.500. The Labute approximate surface area is 98.6 Å². The van der Waals surface area contributed by atoms with Gasteiger partial charge in [0.1, 0.15) is 5.75 Å². The lowest BCUT2D eigenvalue weighted by atomic mass is 9.91. The number of para-hydroxylation sites is 1. The first-order valence-electron chi connectivity index (χ1n) is 5.83. The van der Waals surface area contributed by atoms with E-state index < -0.39 is 5.41 Å². The standard InChI is InChI=1S/C12H16O2.C2H6/c1-4-12(2,3)11(13)14-10-8-6-5-7-9-10;1-2/h5-9H,4H2,1-3H3;1-2H3. The quantitative estimate of drug-likeness (QED) is 0.569. The highest BCUT2D eigenvalue weighted by Gasteiger charge is 2.27. The van der Waals surface area contributed by atoms with Crippen LogP contribution in [0.25, 0.3) is 0 Å². The molecule has 0 amide bonds. The van der Waals surface area contributed by atoms with E-state index in [0.29, 0.717) is 5.75 Å². The summed E-state index contributed by atoms with van der Waals surface area (Å²) in [4.78, 5) is 11.6. The van der Waals surface area contributed by atoms with Gasteiger partial charge in [0.25, 0.3) is 0 Å². The highest BCUT2D eigenvalue weighted by atomic mass is 16.5. The molecule has 0 aliphatic carbocycles. The molecule has 16 heavy (non-hydrogen) atoms. The van der Waals surface area contributed by atoms with Crippen LogP contribution in [0.5, 0.6) is 5.75 Å². The lowest BCUT2D eigenvalue weighted by molar-refractivity contribution is -0.144. The van der Waals surface area contributed by atoms with E-state index in [9.17, 15) is 4.79 Å². The van der Waals surface area contributed by atoms with Gasteiger partial charge in [-0.1, -0.05) is 39.0 Å². The minimum atomic E-state index is -0.407. The van der Waals surface area contributed by atoms with Crippen LogP contribution in [0.15, 0.2) is 30.3 Å². The van der Waals surface area contributed by atoms with Crippen LogP contribution in [0.4, 0.5) is 0 Å². The minimum absolute atomic E-state index is 0.175. The summed E-state index contributed by atoms with van der Waals surface area (Å²) < 4.78 is 5.23. The summed E-state index contributed by atoms with van der Waals surface area (Å²) >= 11 is 0. The van der Waals surface area contributed by atoms with Crippen molar-refractivity contribution in [3.8, 4) is 5.75 Å². The summed E-state index contributed by atoms with van der Waals surface area (Å²) in [6, 6.07) is 9.15. The summed E-state index contributed by atoms with van der Waals surface area (Å²) in [5, 5.41) is 0. The zero-order chi connectivity index (χ0) is 12.6. The summed E-state index contributed by atoms with van der Waals surface area (Å²) in [6.07, 6.45) is 0.776. The molecule has 0 fully saturated rings. The molecule has 0 aromatic heterocycles. The van der Waals surface area contributed by atoms with Gasteiger partial charge in [0.2, 0.25) is 0 Å². The van der Waals surface area contributed by atoms with E-state index in [0.717, 1.165) is 6.42 Å². The summed E-state index contributed by atoms with van der Waals surface area (Å²) in [7, 11) is 0. The van der Waals surface area contributed by atoms with E-state index in [-0.39, 0.29) is 5.97 Å². The van der Waals surface area contributed by atoms with E-state index in [4.69, 9.17) is 4.74 Å². The predicted octanol–water partition coefficient (Wildman–Crippen LogP) is 4.05. The zero-order valence-corrected chi connectivity index (χ0v) is 10.9. The van der Waals surface area contributed by atoms with Crippen LogP contribution in [0, 0.1) is 5.41 Å². The van der Waals surface area contributed by atoms with Gasteiger partial charge in [-0.2, -0.15) is 0 Å². The summed E-state index contributed by atoms with van der Waals surface area (Å²) in [6.45, 7) is 9.75. The van der Waals surface area contributed by atoms with Gasteiger partial charge in [-0.3, -0.25) is 4.79 Å².